The predicted molar refractivity (Wildman–Crippen MR) is 121 cm³/mol. The summed E-state index contributed by atoms with van der Waals surface area (Å²) < 4.78 is 11.2. The van der Waals surface area contributed by atoms with E-state index >= 15 is 0 Å². The maximum Gasteiger partial charge on any atom is 0.162 e. The van der Waals surface area contributed by atoms with Crippen molar-refractivity contribution in [2.45, 2.75) is 65.7 Å². The minimum atomic E-state index is 0.160. The van der Waals surface area contributed by atoms with E-state index in [4.69, 9.17) is 9.47 Å². The number of benzene rings is 2. The van der Waals surface area contributed by atoms with Crippen LogP contribution in [0, 0.1) is 0 Å². The van der Waals surface area contributed by atoms with E-state index in [-0.39, 0.29) is 35.7 Å². The molecular weight excluding hydrogens is 380 g/mol. The lowest BCUT2D eigenvalue weighted by Gasteiger charge is -2.55. The van der Waals surface area contributed by atoms with Gasteiger partial charge in [-0.2, -0.15) is 0 Å². The van der Waals surface area contributed by atoms with E-state index in [2.05, 4.69) is 37.5 Å². The first-order valence-electron chi connectivity index (χ1n) is 10.8. The van der Waals surface area contributed by atoms with Crippen molar-refractivity contribution in [1.82, 2.24) is 0 Å². The first-order chi connectivity index (χ1) is 14.3. The molecule has 4 unspecified atom stereocenters. The molecule has 2 N–H and O–H groups in total. The second-order valence-electron chi connectivity index (χ2n) is 7.95. The van der Waals surface area contributed by atoms with E-state index in [1.54, 1.807) is 12.1 Å². The Bertz CT molecular complexity index is 785. The van der Waals surface area contributed by atoms with Crippen molar-refractivity contribution in [3.8, 4) is 23.0 Å². The highest BCUT2D eigenvalue weighted by atomic mass is 16.5. The molecule has 2 aromatic carbocycles. The van der Waals surface area contributed by atoms with Crippen LogP contribution in [0.4, 0.5) is 11.4 Å². The number of rotatable bonds is 6. The molecule has 1 aliphatic rings. The van der Waals surface area contributed by atoms with Crippen LogP contribution in [0.1, 0.15) is 41.5 Å². The van der Waals surface area contributed by atoms with E-state index in [0.717, 1.165) is 11.4 Å². The molecule has 0 spiro atoms. The molecule has 2 aromatic rings. The maximum atomic E-state index is 10.1. The summed E-state index contributed by atoms with van der Waals surface area (Å²) in [7, 11) is 0. The van der Waals surface area contributed by atoms with E-state index < -0.39 is 0 Å². The summed E-state index contributed by atoms with van der Waals surface area (Å²) in [5.41, 5.74) is 2.07. The van der Waals surface area contributed by atoms with Gasteiger partial charge in [-0.25, -0.2) is 0 Å². The zero-order chi connectivity index (χ0) is 22.0. The van der Waals surface area contributed by atoms with Crippen LogP contribution in [0.15, 0.2) is 36.4 Å². The summed E-state index contributed by atoms with van der Waals surface area (Å²) >= 11 is 0. The number of hydrogen-bond acceptors (Lipinski definition) is 6. The normalized spacial score (nSPS) is 24.1. The Morgan fingerprint density at radius 2 is 1.00 bits per heavy atom. The van der Waals surface area contributed by atoms with Gasteiger partial charge in [0.2, 0.25) is 0 Å². The number of anilines is 2. The van der Waals surface area contributed by atoms with E-state index in [1.807, 2.05) is 38.1 Å². The van der Waals surface area contributed by atoms with Crippen LogP contribution in [0.3, 0.4) is 0 Å². The number of aromatic hydroxyl groups is 2. The molecule has 3 rings (SSSR count). The molecular formula is C24H34N2O4. The number of phenols is 2. The van der Waals surface area contributed by atoms with Crippen molar-refractivity contribution < 1.29 is 19.7 Å². The highest BCUT2D eigenvalue weighted by Crippen LogP contribution is 2.40. The Labute approximate surface area is 179 Å². The molecule has 1 heterocycles. The zero-order valence-electron chi connectivity index (χ0n) is 18.8. The highest BCUT2D eigenvalue weighted by Gasteiger charge is 2.40. The largest absolute Gasteiger partial charge is 0.504 e. The molecule has 164 valence electrons. The van der Waals surface area contributed by atoms with Gasteiger partial charge in [-0.05, 0) is 65.8 Å². The highest BCUT2D eigenvalue weighted by molar-refractivity contribution is 5.62. The fourth-order valence-corrected chi connectivity index (χ4v) is 4.48. The predicted octanol–water partition coefficient (Wildman–Crippen LogP) is 4.78. The van der Waals surface area contributed by atoms with Crippen LogP contribution < -0.4 is 19.3 Å². The fraction of sp³-hybridized carbons (Fsp3) is 0.500. The number of hydrogen-bond donors (Lipinski definition) is 2. The standard InChI is InChI=1S/C24H34N2O4/c1-7-29-23-13-19(9-11-21(23)27)25-15(3)17(5)26(18(6)16(25)4)20-10-12-22(28)24(14-20)30-8-2/h9-18,27-28H,7-8H2,1-6H3. The number of piperazine rings is 1. The van der Waals surface area contributed by atoms with Crippen molar-refractivity contribution in [1.29, 1.82) is 0 Å². The van der Waals surface area contributed by atoms with Crippen LogP contribution in [0.2, 0.25) is 0 Å². The Morgan fingerprint density at radius 3 is 1.30 bits per heavy atom. The van der Waals surface area contributed by atoms with Gasteiger partial charge in [0.25, 0.3) is 0 Å². The molecule has 1 aliphatic heterocycles. The van der Waals surface area contributed by atoms with Crippen LogP contribution in [0.25, 0.3) is 0 Å². The summed E-state index contributed by atoms with van der Waals surface area (Å²) in [5.74, 6) is 1.34. The third kappa shape index (κ3) is 3.95. The van der Waals surface area contributed by atoms with Crippen LogP contribution in [-0.2, 0) is 0 Å². The summed E-state index contributed by atoms with van der Waals surface area (Å²) in [5, 5.41) is 20.2. The van der Waals surface area contributed by atoms with Gasteiger partial charge >= 0.3 is 0 Å². The average molecular weight is 415 g/mol. The average Bonchev–Trinajstić information content (AvgIpc) is 2.72. The molecule has 0 amide bonds. The van der Waals surface area contributed by atoms with Gasteiger partial charge in [0.15, 0.2) is 23.0 Å². The lowest BCUT2D eigenvalue weighted by Crippen LogP contribution is -2.66. The first kappa shape index (κ1) is 21.9. The molecule has 1 saturated heterocycles. The molecule has 0 saturated carbocycles. The molecule has 1 fully saturated rings. The number of ether oxygens (including phenoxy) is 2. The first-order valence-corrected chi connectivity index (χ1v) is 10.8. The number of phenolic OH excluding ortho intramolecular Hbond substituents is 2. The molecule has 6 nitrogen and oxygen atoms in total. The molecule has 6 heteroatoms. The van der Waals surface area contributed by atoms with Crippen molar-refractivity contribution in [3.63, 3.8) is 0 Å². The minimum Gasteiger partial charge on any atom is -0.504 e. The maximum absolute atomic E-state index is 10.1. The lowest BCUT2D eigenvalue weighted by molar-refractivity contribution is 0.314. The molecule has 30 heavy (non-hydrogen) atoms. The van der Waals surface area contributed by atoms with Gasteiger partial charge in [0.05, 0.1) is 13.2 Å². The van der Waals surface area contributed by atoms with Gasteiger partial charge in [-0.3, -0.25) is 0 Å². The summed E-state index contributed by atoms with van der Waals surface area (Å²) in [6.07, 6.45) is 0. The zero-order valence-corrected chi connectivity index (χ0v) is 18.8. The molecule has 0 aromatic heterocycles. The third-order valence-electron chi connectivity index (χ3n) is 6.23. The van der Waals surface area contributed by atoms with Crippen LogP contribution in [0.5, 0.6) is 23.0 Å². The molecule has 4 atom stereocenters. The van der Waals surface area contributed by atoms with Gasteiger partial charge in [0, 0.05) is 47.7 Å². The lowest BCUT2D eigenvalue weighted by atomic mass is 9.92. The third-order valence-corrected chi connectivity index (χ3v) is 6.23. The Balaban J connectivity index is 1.95. The van der Waals surface area contributed by atoms with Gasteiger partial charge in [0.1, 0.15) is 0 Å². The van der Waals surface area contributed by atoms with Crippen LogP contribution >= 0.6 is 0 Å². The van der Waals surface area contributed by atoms with Gasteiger partial charge in [-0.1, -0.05) is 0 Å². The smallest absolute Gasteiger partial charge is 0.162 e. The SMILES string of the molecule is CCOc1cc(N2C(C)C(C)N(c3ccc(O)c(OCC)c3)C(C)C2C)ccc1O. The molecule has 0 aliphatic carbocycles. The van der Waals surface area contributed by atoms with E-state index in [0.29, 0.717) is 24.7 Å². The number of nitrogens with zero attached hydrogens (tertiary/aromatic N) is 2. The van der Waals surface area contributed by atoms with Crippen LogP contribution in [-0.4, -0.2) is 47.6 Å². The second-order valence-corrected chi connectivity index (χ2v) is 7.95. The van der Waals surface area contributed by atoms with Crippen molar-refractivity contribution in [2.75, 3.05) is 23.0 Å². The summed E-state index contributed by atoms with van der Waals surface area (Å²) in [4.78, 5) is 4.80. The minimum absolute atomic E-state index is 0.160. The van der Waals surface area contributed by atoms with E-state index in [1.165, 1.54) is 0 Å². The second kappa shape index (κ2) is 8.94. The summed E-state index contributed by atoms with van der Waals surface area (Å²) in [6.45, 7) is 13.7. The van der Waals surface area contributed by atoms with Crippen molar-refractivity contribution >= 4 is 11.4 Å². The fourth-order valence-electron chi connectivity index (χ4n) is 4.48. The Hall–Kier alpha value is -2.76. The monoisotopic (exact) mass is 414 g/mol. The van der Waals surface area contributed by atoms with E-state index in [9.17, 15) is 10.2 Å². The van der Waals surface area contributed by atoms with Crippen molar-refractivity contribution in [3.05, 3.63) is 36.4 Å². The van der Waals surface area contributed by atoms with Crippen molar-refractivity contribution in [2.24, 2.45) is 0 Å². The molecule has 0 radical (unpaired) electrons. The van der Waals surface area contributed by atoms with Gasteiger partial charge < -0.3 is 29.5 Å². The summed E-state index contributed by atoms with van der Waals surface area (Å²) in [6, 6.07) is 12.0. The van der Waals surface area contributed by atoms with Gasteiger partial charge in [-0.15, -0.1) is 0 Å². The quantitative estimate of drug-likeness (QED) is 0.709. The molecule has 0 bridgehead atoms. The Morgan fingerprint density at radius 1 is 0.667 bits per heavy atom. The Kier molecular flexibility index (Phi) is 6.54. The topological polar surface area (TPSA) is 65.4 Å².